The maximum atomic E-state index is 3.62. The number of hydrogen-bond donors (Lipinski definition) is 1. The Labute approximate surface area is 129 Å². The predicted octanol–water partition coefficient (Wildman–Crippen LogP) is 5.68. The molecular formula is C14H15Br2NS. The van der Waals surface area contributed by atoms with E-state index in [1.807, 2.05) is 0 Å². The van der Waals surface area contributed by atoms with E-state index in [9.17, 15) is 0 Å². The molecule has 0 fully saturated rings. The molecule has 1 nitrogen and oxygen atoms in total. The Balaban J connectivity index is 2.05. The Bertz CT molecular complexity index is 524. The summed E-state index contributed by atoms with van der Waals surface area (Å²) in [5.41, 5.74) is 1.30. The lowest BCUT2D eigenvalue weighted by Crippen LogP contribution is -2.21. The molecule has 0 saturated heterocycles. The lowest BCUT2D eigenvalue weighted by atomic mass is 10.1. The van der Waals surface area contributed by atoms with Crippen LogP contribution in [0.5, 0.6) is 0 Å². The van der Waals surface area contributed by atoms with Crippen LogP contribution in [0.4, 0.5) is 0 Å². The van der Waals surface area contributed by atoms with Crippen molar-refractivity contribution in [3.05, 3.63) is 55.1 Å². The van der Waals surface area contributed by atoms with Gasteiger partial charge in [-0.15, -0.1) is 11.3 Å². The first kappa shape index (κ1) is 14.3. The van der Waals surface area contributed by atoms with Gasteiger partial charge in [-0.1, -0.05) is 28.1 Å². The van der Waals surface area contributed by atoms with Crippen LogP contribution in [0.25, 0.3) is 0 Å². The zero-order chi connectivity index (χ0) is 13.1. The third-order valence-corrected chi connectivity index (χ3v) is 5.17. The molecule has 96 valence electrons. The van der Waals surface area contributed by atoms with E-state index in [0.717, 1.165) is 4.47 Å². The molecule has 1 aromatic heterocycles. The molecule has 0 amide bonds. The van der Waals surface area contributed by atoms with Gasteiger partial charge in [0.05, 0.1) is 3.79 Å². The summed E-state index contributed by atoms with van der Waals surface area (Å²) in [6.07, 6.45) is 0. The van der Waals surface area contributed by atoms with Crippen LogP contribution in [0.3, 0.4) is 0 Å². The van der Waals surface area contributed by atoms with Gasteiger partial charge < -0.3 is 5.32 Å². The van der Waals surface area contributed by atoms with Crippen LogP contribution in [0.1, 0.15) is 36.4 Å². The average molecular weight is 389 g/mol. The fraction of sp³-hybridized carbons (Fsp3) is 0.286. The van der Waals surface area contributed by atoms with E-state index >= 15 is 0 Å². The van der Waals surface area contributed by atoms with Gasteiger partial charge in [-0.3, -0.25) is 0 Å². The van der Waals surface area contributed by atoms with E-state index in [2.05, 4.69) is 87.4 Å². The molecule has 0 aliphatic rings. The summed E-state index contributed by atoms with van der Waals surface area (Å²) in [6.45, 7) is 4.40. The summed E-state index contributed by atoms with van der Waals surface area (Å²) in [6, 6.07) is 13.4. The molecule has 2 aromatic rings. The van der Waals surface area contributed by atoms with E-state index in [4.69, 9.17) is 0 Å². The maximum Gasteiger partial charge on any atom is 0.0701 e. The first-order chi connectivity index (χ1) is 8.56. The molecule has 2 atom stereocenters. The number of benzene rings is 1. The van der Waals surface area contributed by atoms with E-state index < -0.39 is 0 Å². The highest BCUT2D eigenvalue weighted by Gasteiger charge is 2.12. The number of thiophene rings is 1. The van der Waals surface area contributed by atoms with E-state index in [0.29, 0.717) is 12.1 Å². The Morgan fingerprint density at radius 2 is 1.83 bits per heavy atom. The van der Waals surface area contributed by atoms with Crippen molar-refractivity contribution in [3.8, 4) is 0 Å². The zero-order valence-electron chi connectivity index (χ0n) is 10.3. The van der Waals surface area contributed by atoms with Gasteiger partial charge >= 0.3 is 0 Å². The predicted molar refractivity (Wildman–Crippen MR) is 86.1 cm³/mol. The molecule has 1 N–H and O–H groups in total. The second kappa shape index (κ2) is 6.33. The smallest absolute Gasteiger partial charge is 0.0701 e. The number of nitrogens with one attached hydrogen (secondary N) is 1. The van der Waals surface area contributed by atoms with Gasteiger partial charge in [-0.05, 0) is 59.6 Å². The Kier molecular flexibility index (Phi) is 5.01. The third kappa shape index (κ3) is 3.67. The largest absolute Gasteiger partial charge is 0.303 e. The van der Waals surface area contributed by atoms with Crippen LogP contribution in [-0.2, 0) is 0 Å². The van der Waals surface area contributed by atoms with Crippen molar-refractivity contribution >= 4 is 43.2 Å². The standard InChI is InChI=1S/C14H15Br2NS/c1-9(11-4-3-5-12(15)8-11)17-10(2)13-6-7-14(16)18-13/h3-10,17H,1-2H3/t9-,10?/m1/s1. The normalized spacial score (nSPS) is 14.4. The summed E-state index contributed by atoms with van der Waals surface area (Å²) in [5, 5.41) is 3.62. The van der Waals surface area contributed by atoms with Gasteiger partial charge in [0.25, 0.3) is 0 Å². The first-order valence-corrected chi connectivity index (χ1v) is 8.23. The van der Waals surface area contributed by atoms with E-state index in [1.165, 1.54) is 14.2 Å². The summed E-state index contributed by atoms with van der Waals surface area (Å²) in [7, 11) is 0. The zero-order valence-corrected chi connectivity index (χ0v) is 14.3. The van der Waals surface area contributed by atoms with Crippen molar-refractivity contribution in [3.63, 3.8) is 0 Å². The van der Waals surface area contributed by atoms with Gasteiger partial charge in [0.2, 0.25) is 0 Å². The Hall–Kier alpha value is -0.160. The fourth-order valence-electron chi connectivity index (χ4n) is 1.89. The third-order valence-electron chi connectivity index (χ3n) is 2.87. The second-order valence-corrected chi connectivity index (χ2v) is 7.72. The van der Waals surface area contributed by atoms with Crippen LogP contribution < -0.4 is 5.32 Å². The van der Waals surface area contributed by atoms with Crippen molar-refractivity contribution in [1.29, 1.82) is 0 Å². The summed E-state index contributed by atoms with van der Waals surface area (Å²) in [5.74, 6) is 0. The van der Waals surface area contributed by atoms with Crippen LogP contribution in [0.15, 0.2) is 44.7 Å². The molecule has 0 radical (unpaired) electrons. The van der Waals surface area contributed by atoms with Gasteiger partial charge in [-0.2, -0.15) is 0 Å². The Morgan fingerprint density at radius 1 is 1.06 bits per heavy atom. The highest BCUT2D eigenvalue weighted by Crippen LogP contribution is 2.29. The molecular weight excluding hydrogens is 374 g/mol. The molecule has 0 aliphatic carbocycles. The summed E-state index contributed by atoms with van der Waals surface area (Å²) in [4.78, 5) is 1.35. The molecule has 1 aromatic carbocycles. The van der Waals surface area contributed by atoms with Gasteiger partial charge in [0.15, 0.2) is 0 Å². The lowest BCUT2D eigenvalue weighted by molar-refractivity contribution is 0.500. The van der Waals surface area contributed by atoms with Crippen molar-refractivity contribution in [2.45, 2.75) is 25.9 Å². The number of hydrogen-bond acceptors (Lipinski definition) is 2. The highest BCUT2D eigenvalue weighted by atomic mass is 79.9. The second-order valence-electron chi connectivity index (χ2n) is 4.31. The SMILES string of the molecule is CC(N[C@H](C)c1cccc(Br)c1)c1ccc(Br)s1. The minimum Gasteiger partial charge on any atom is -0.303 e. The topological polar surface area (TPSA) is 12.0 Å². The minimum absolute atomic E-state index is 0.332. The van der Waals surface area contributed by atoms with Crippen LogP contribution in [0, 0.1) is 0 Å². The van der Waals surface area contributed by atoms with Gasteiger partial charge in [0, 0.05) is 21.4 Å². The molecule has 4 heteroatoms. The van der Waals surface area contributed by atoms with Crippen molar-refractivity contribution < 1.29 is 0 Å². The average Bonchev–Trinajstić information content (AvgIpc) is 2.76. The van der Waals surface area contributed by atoms with E-state index in [1.54, 1.807) is 11.3 Å². The monoisotopic (exact) mass is 387 g/mol. The highest BCUT2D eigenvalue weighted by molar-refractivity contribution is 9.11. The maximum absolute atomic E-state index is 3.62. The van der Waals surface area contributed by atoms with Crippen LogP contribution in [0.2, 0.25) is 0 Å². The molecule has 18 heavy (non-hydrogen) atoms. The van der Waals surface area contributed by atoms with Gasteiger partial charge in [0.1, 0.15) is 0 Å². The van der Waals surface area contributed by atoms with Crippen molar-refractivity contribution in [1.82, 2.24) is 5.32 Å². The molecule has 0 bridgehead atoms. The molecule has 0 spiro atoms. The van der Waals surface area contributed by atoms with Gasteiger partial charge in [-0.25, -0.2) is 0 Å². The Morgan fingerprint density at radius 3 is 2.44 bits per heavy atom. The molecule has 2 rings (SSSR count). The number of rotatable bonds is 4. The minimum atomic E-state index is 0.332. The van der Waals surface area contributed by atoms with Crippen LogP contribution in [-0.4, -0.2) is 0 Å². The summed E-state index contributed by atoms with van der Waals surface area (Å²) >= 11 is 8.80. The first-order valence-electron chi connectivity index (χ1n) is 5.83. The summed E-state index contributed by atoms with van der Waals surface area (Å²) < 4.78 is 2.31. The fourth-order valence-corrected chi connectivity index (χ4v) is 3.74. The molecule has 0 aliphatic heterocycles. The van der Waals surface area contributed by atoms with Crippen LogP contribution >= 0.6 is 43.2 Å². The van der Waals surface area contributed by atoms with Crippen molar-refractivity contribution in [2.24, 2.45) is 0 Å². The number of halogens is 2. The van der Waals surface area contributed by atoms with E-state index in [-0.39, 0.29) is 0 Å². The molecule has 1 unspecified atom stereocenters. The molecule has 1 heterocycles. The lowest BCUT2D eigenvalue weighted by Gasteiger charge is -2.19. The molecule has 0 saturated carbocycles. The van der Waals surface area contributed by atoms with Crippen molar-refractivity contribution in [2.75, 3.05) is 0 Å². The quantitative estimate of drug-likeness (QED) is 0.709.